The van der Waals surface area contributed by atoms with Crippen LogP contribution in [0.1, 0.15) is 26.7 Å². The highest BCUT2D eigenvalue weighted by Gasteiger charge is 2.35. The first-order valence-electron chi connectivity index (χ1n) is 6.20. The van der Waals surface area contributed by atoms with Crippen molar-refractivity contribution in [1.82, 2.24) is 15.1 Å². The standard InChI is InChI=1S/C12H20N4O3/c1-4-12(5-2,10(17)18)8-13-11(19)15-9-6-14-16(3)7-9/h6-7H,4-5,8H2,1-3H3,(H,17,18)(H2,13,15,19). The first-order chi connectivity index (χ1) is 8.93. The molecule has 0 aliphatic carbocycles. The van der Waals surface area contributed by atoms with Gasteiger partial charge in [0.15, 0.2) is 0 Å². The third-order valence-electron chi connectivity index (χ3n) is 3.36. The van der Waals surface area contributed by atoms with Crippen LogP contribution in [0.2, 0.25) is 0 Å². The number of carboxylic acids is 1. The van der Waals surface area contributed by atoms with Gasteiger partial charge in [-0.15, -0.1) is 0 Å². The number of amides is 2. The highest BCUT2D eigenvalue weighted by atomic mass is 16.4. The number of rotatable bonds is 6. The Morgan fingerprint density at radius 3 is 2.47 bits per heavy atom. The van der Waals surface area contributed by atoms with Crippen LogP contribution in [-0.4, -0.2) is 33.4 Å². The molecule has 1 rings (SSSR count). The van der Waals surface area contributed by atoms with E-state index in [9.17, 15) is 14.7 Å². The van der Waals surface area contributed by atoms with Crippen LogP contribution in [0, 0.1) is 5.41 Å². The maximum atomic E-state index is 11.7. The highest BCUT2D eigenvalue weighted by Crippen LogP contribution is 2.25. The van der Waals surface area contributed by atoms with Gasteiger partial charge in [-0.25, -0.2) is 4.79 Å². The van der Waals surface area contributed by atoms with Gasteiger partial charge in [-0.1, -0.05) is 13.8 Å². The van der Waals surface area contributed by atoms with E-state index in [-0.39, 0.29) is 6.54 Å². The fourth-order valence-corrected chi connectivity index (χ4v) is 1.79. The number of aliphatic carboxylic acids is 1. The summed E-state index contributed by atoms with van der Waals surface area (Å²) in [6.45, 7) is 3.71. The molecule has 0 aliphatic heterocycles. The van der Waals surface area contributed by atoms with E-state index in [4.69, 9.17) is 0 Å². The van der Waals surface area contributed by atoms with Crippen molar-refractivity contribution >= 4 is 17.7 Å². The van der Waals surface area contributed by atoms with E-state index < -0.39 is 17.4 Å². The van der Waals surface area contributed by atoms with Gasteiger partial charge >= 0.3 is 12.0 Å². The Labute approximate surface area is 112 Å². The number of aryl methyl sites for hydroxylation is 1. The second kappa shape index (κ2) is 6.21. The van der Waals surface area contributed by atoms with Crippen LogP contribution in [0.15, 0.2) is 12.4 Å². The van der Waals surface area contributed by atoms with Crippen LogP contribution in [0.25, 0.3) is 0 Å². The van der Waals surface area contributed by atoms with E-state index >= 15 is 0 Å². The van der Waals surface area contributed by atoms with Crippen LogP contribution in [0.4, 0.5) is 10.5 Å². The van der Waals surface area contributed by atoms with Gasteiger partial charge in [-0.2, -0.15) is 5.10 Å². The van der Waals surface area contributed by atoms with E-state index in [1.807, 2.05) is 0 Å². The van der Waals surface area contributed by atoms with Crippen LogP contribution in [-0.2, 0) is 11.8 Å². The Hall–Kier alpha value is -2.05. The molecule has 0 radical (unpaired) electrons. The predicted octanol–water partition coefficient (Wildman–Crippen LogP) is 1.43. The summed E-state index contributed by atoms with van der Waals surface area (Å²) in [6, 6.07) is -0.430. The Kier molecular flexibility index (Phi) is 4.91. The molecule has 7 nitrogen and oxygen atoms in total. The van der Waals surface area contributed by atoms with Crippen molar-refractivity contribution in [1.29, 1.82) is 0 Å². The molecule has 0 spiro atoms. The maximum absolute atomic E-state index is 11.7. The molecule has 0 atom stereocenters. The van der Waals surface area contributed by atoms with Gasteiger partial charge < -0.3 is 15.7 Å². The molecule has 1 heterocycles. The summed E-state index contributed by atoms with van der Waals surface area (Å²) in [6.07, 6.45) is 4.10. The van der Waals surface area contributed by atoms with Crippen molar-refractivity contribution in [2.45, 2.75) is 26.7 Å². The predicted molar refractivity (Wildman–Crippen MR) is 70.9 cm³/mol. The number of carbonyl (C=O) groups is 2. The van der Waals surface area contributed by atoms with Crippen molar-refractivity contribution in [2.75, 3.05) is 11.9 Å². The Morgan fingerprint density at radius 2 is 2.05 bits per heavy atom. The molecule has 7 heteroatoms. The molecular weight excluding hydrogens is 248 g/mol. The SMILES string of the molecule is CCC(CC)(CNC(=O)Nc1cnn(C)c1)C(=O)O. The van der Waals surface area contributed by atoms with E-state index in [0.29, 0.717) is 18.5 Å². The number of nitrogens with one attached hydrogen (secondary N) is 2. The lowest BCUT2D eigenvalue weighted by Gasteiger charge is -2.26. The Bertz CT molecular complexity index is 452. The summed E-state index contributed by atoms with van der Waals surface area (Å²) in [7, 11) is 1.74. The lowest BCUT2D eigenvalue weighted by Crippen LogP contribution is -2.43. The second-order valence-electron chi connectivity index (χ2n) is 4.50. The van der Waals surface area contributed by atoms with Gasteiger partial charge in [0.05, 0.1) is 17.3 Å². The number of urea groups is 1. The molecule has 0 saturated heterocycles. The molecule has 1 aromatic rings. The highest BCUT2D eigenvalue weighted by molar-refractivity contribution is 5.89. The summed E-state index contributed by atoms with van der Waals surface area (Å²) in [5.41, 5.74) is -0.347. The lowest BCUT2D eigenvalue weighted by molar-refractivity contribution is -0.149. The molecule has 1 aromatic heterocycles. The zero-order valence-electron chi connectivity index (χ0n) is 11.4. The number of anilines is 1. The third kappa shape index (κ3) is 3.70. The maximum Gasteiger partial charge on any atom is 0.319 e. The fourth-order valence-electron chi connectivity index (χ4n) is 1.79. The average Bonchev–Trinajstić information content (AvgIpc) is 2.76. The summed E-state index contributed by atoms with van der Waals surface area (Å²) in [5, 5.41) is 18.4. The van der Waals surface area contributed by atoms with Crippen molar-refractivity contribution in [3.05, 3.63) is 12.4 Å². The van der Waals surface area contributed by atoms with E-state index in [2.05, 4.69) is 15.7 Å². The second-order valence-corrected chi connectivity index (χ2v) is 4.50. The van der Waals surface area contributed by atoms with Gasteiger partial charge in [0.2, 0.25) is 0 Å². The summed E-state index contributed by atoms with van der Waals surface area (Å²) in [4.78, 5) is 22.9. The van der Waals surface area contributed by atoms with Crippen LogP contribution < -0.4 is 10.6 Å². The normalized spacial score (nSPS) is 11.1. The number of hydrogen-bond donors (Lipinski definition) is 3. The molecule has 3 N–H and O–H groups in total. The third-order valence-corrected chi connectivity index (χ3v) is 3.36. The molecule has 0 aliphatic rings. The fraction of sp³-hybridized carbons (Fsp3) is 0.583. The molecule has 106 valence electrons. The van der Waals surface area contributed by atoms with Crippen LogP contribution >= 0.6 is 0 Å². The largest absolute Gasteiger partial charge is 0.481 e. The number of hydrogen-bond acceptors (Lipinski definition) is 3. The summed E-state index contributed by atoms with van der Waals surface area (Å²) >= 11 is 0. The molecule has 0 fully saturated rings. The van der Waals surface area contributed by atoms with Gasteiger partial charge in [0, 0.05) is 19.8 Å². The van der Waals surface area contributed by atoms with E-state index in [1.165, 1.54) is 6.20 Å². The lowest BCUT2D eigenvalue weighted by atomic mass is 9.82. The minimum Gasteiger partial charge on any atom is -0.481 e. The van der Waals surface area contributed by atoms with Gasteiger partial charge in [0.25, 0.3) is 0 Å². The van der Waals surface area contributed by atoms with Crippen molar-refractivity contribution in [3.8, 4) is 0 Å². The molecular formula is C12H20N4O3. The molecule has 0 bridgehead atoms. The monoisotopic (exact) mass is 268 g/mol. The molecule has 19 heavy (non-hydrogen) atoms. The topological polar surface area (TPSA) is 96.3 Å². The minimum atomic E-state index is -0.910. The first-order valence-corrected chi connectivity index (χ1v) is 6.20. The van der Waals surface area contributed by atoms with Crippen molar-refractivity contribution in [3.63, 3.8) is 0 Å². The zero-order valence-corrected chi connectivity index (χ0v) is 11.4. The Morgan fingerprint density at radius 1 is 1.42 bits per heavy atom. The van der Waals surface area contributed by atoms with Crippen LogP contribution in [0.3, 0.4) is 0 Å². The minimum absolute atomic E-state index is 0.0986. The summed E-state index contributed by atoms with van der Waals surface area (Å²) in [5.74, 6) is -0.890. The van der Waals surface area contributed by atoms with E-state index in [0.717, 1.165) is 0 Å². The molecule has 0 aromatic carbocycles. The number of carbonyl (C=O) groups excluding carboxylic acids is 1. The molecule has 0 saturated carbocycles. The van der Waals surface area contributed by atoms with Crippen molar-refractivity contribution in [2.24, 2.45) is 12.5 Å². The first kappa shape index (κ1) is 15.0. The average molecular weight is 268 g/mol. The molecule has 0 unspecified atom stereocenters. The smallest absolute Gasteiger partial charge is 0.319 e. The zero-order chi connectivity index (χ0) is 14.5. The van der Waals surface area contributed by atoms with Crippen molar-refractivity contribution < 1.29 is 14.7 Å². The van der Waals surface area contributed by atoms with Crippen LogP contribution in [0.5, 0.6) is 0 Å². The van der Waals surface area contributed by atoms with Gasteiger partial charge in [0.1, 0.15) is 0 Å². The number of carboxylic acid groups (broad SMARTS) is 1. The summed E-state index contributed by atoms with van der Waals surface area (Å²) < 4.78 is 1.56. The number of aromatic nitrogens is 2. The Balaban J connectivity index is 2.55. The molecule has 2 amide bonds. The quantitative estimate of drug-likeness (QED) is 0.727. The van der Waals surface area contributed by atoms with Gasteiger partial charge in [-0.3, -0.25) is 9.48 Å². The number of nitrogens with zero attached hydrogens (tertiary/aromatic N) is 2. The van der Waals surface area contributed by atoms with Gasteiger partial charge in [-0.05, 0) is 12.8 Å². The van der Waals surface area contributed by atoms with E-state index in [1.54, 1.807) is 31.8 Å².